The van der Waals surface area contributed by atoms with Crippen LogP contribution in [-0.4, -0.2) is 42.0 Å². The van der Waals surface area contributed by atoms with Gasteiger partial charge in [-0.25, -0.2) is 22.3 Å². The van der Waals surface area contributed by atoms with E-state index in [1.165, 1.54) is 24.3 Å². The predicted octanol–water partition coefficient (Wildman–Crippen LogP) is 4.83. The lowest BCUT2D eigenvalue weighted by atomic mass is 10.2. The number of aromatic nitrogens is 2. The summed E-state index contributed by atoms with van der Waals surface area (Å²) in [5.41, 5.74) is 1.78. The first-order chi connectivity index (χ1) is 16.9. The lowest BCUT2D eigenvalue weighted by Gasteiger charge is -2.22. The summed E-state index contributed by atoms with van der Waals surface area (Å²) in [6, 6.07) is 9.65. The number of hydrogen-bond acceptors (Lipinski definition) is 5. The van der Waals surface area contributed by atoms with Crippen LogP contribution in [0.15, 0.2) is 47.4 Å². The summed E-state index contributed by atoms with van der Waals surface area (Å²) in [7, 11) is -4.27. The Morgan fingerprint density at radius 1 is 1.00 bits per heavy atom. The second-order valence-electron chi connectivity index (χ2n) is 7.87. The zero-order valence-electron chi connectivity index (χ0n) is 20.1. The highest BCUT2D eigenvalue weighted by molar-refractivity contribution is 7.85. The molecule has 2 aromatic carbocycles. The first kappa shape index (κ1) is 30.1. The third-order valence-electron chi connectivity index (χ3n) is 5.34. The maximum Gasteiger partial charge on any atom is 0.434 e. The van der Waals surface area contributed by atoms with Gasteiger partial charge in [0.05, 0.1) is 23.5 Å². The summed E-state index contributed by atoms with van der Waals surface area (Å²) >= 11 is 0. The molecule has 204 valence electrons. The number of nitrogens with zero attached hydrogens (tertiary/aromatic N) is 2. The topological polar surface area (TPSA) is 92.3 Å². The van der Waals surface area contributed by atoms with Crippen LogP contribution < -0.4 is 4.57 Å². The van der Waals surface area contributed by atoms with Crippen molar-refractivity contribution in [2.45, 2.75) is 64.1 Å². The normalized spacial score (nSPS) is 12.4. The van der Waals surface area contributed by atoms with Crippen LogP contribution in [-0.2, 0) is 27.9 Å². The van der Waals surface area contributed by atoms with Crippen LogP contribution in [0.3, 0.4) is 0 Å². The molecule has 0 aliphatic heterocycles. The van der Waals surface area contributed by atoms with E-state index in [1.807, 2.05) is 32.3 Å². The molecule has 0 amide bonds. The fraction of sp³-hybridized carbons (Fsp3) is 0.391. The Bertz CT molecular complexity index is 1350. The zero-order chi connectivity index (χ0) is 28.3. The number of carbonyl (C=O) groups excluding carboxylic acids is 1. The Morgan fingerprint density at radius 2 is 1.54 bits per heavy atom. The maximum absolute atomic E-state index is 12.6. The molecule has 0 fully saturated rings. The average Bonchev–Trinajstić information content (AvgIpc) is 3.05. The van der Waals surface area contributed by atoms with E-state index in [0.717, 1.165) is 17.5 Å². The molecule has 0 bridgehead atoms. The van der Waals surface area contributed by atoms with Gasteiger partial charge in [-0.15, -0.1) is 0 Å². The van der Waals surface area contributed by atoms with E-state index in [0.29, 0.717) is 24.1 Å². The van der Waals surface area contributed by atoms with Crippen LogP contribution in [0.4, 0.5) is 26.3 Å². The van der Waals surface area contributed by atoms with E-state index in [4.69, 9.17) is 0 Å². The number of esters is 1. The number of rotatable bonds is 5. The predicted molar refractivity (Wildman–Crippen MR) is 119 cm³/mol. The molecule has 7 nitrogen and oxygen atoms in total. The summed E-state index contributed by atoms with van der Waals surface area (Å²) in [5, 5.41) is 0. The molecular weight excluding hydrogens is 530 g/mol. The monoisotopic (exact) mass is 554 g/mol. The highest BCUT2D eigenvalue weighted by Gasteiger charge is 2.60. The Kier molecular flexibility index (Phi) is 9.02. The van der Waals surface area contributed by atoms with Gasteiger partial charge >= 0.3 is 18.3 Å². The lowest BCUT2D eigenvalue weighted by Crippen LogP contribution is -2.45. The van der Waals surface area contributed by atoms with Crippen LogP contribution in [0, 0.1) is 13.8 Å². The van der Waals surface area contributed by atoms with Crippen molar-refractivity contribution in [1.29, 1.82) is 0 Å². The first-order valence-corrected chi connectivity index (χ1v) is 12.2. The number of aryl methyl sites for hydroxylation is 3. The summed E-state index contributed by atoms with van der Waals surface area (Å²) < 4.78 is 114. The molecule has 3 rings (SSSR count). The maximum atomic E-state index is 12.6. The Morgan fingerprint density at radius 3 is 1.97 bits per heavy atom. The van der Waals surface area contributed by atoms with E-state index in [9.17, 15) is 44.1 Å². The molecule has 14 heteroatoms. The second kappa shape index (κ2) is 11.1. The van der Waals surface area contributed by atoms with Crippen LogP contribution in [0.1, 0.15) is 35.6 Å². The van der Waals surface area contributed by atoms with Crippen LogP contribution in [0.25, 0.3) is 11.0 Å². The third-order valence-corrected chi connectivity index (χ3v) is 6.19. The third kappa shape index (κ3) is 7.22. The molecule has 0 saturated carbocycles. The molecule has 0 radical (unpaired) electrons. The van der Waals surface area contributed by atoms with Gasteiger partial charge in [0.25, 0.3) is 11.9 Å². The van der Waals surface area contributed by atoms with Crippen molar-refractivity contribution >= 4 is 27.1 Å². The highest BCUT2D eigenvalue weighted by atomic mass is 32.2. The molecule has 1 aromatic heterocycles. The molecular formula is C23H24F6N2O5S. The van der Waals surface area contributed by atoms with Gasteiger partial charge in [-0.3, -0.25) is 0 Å². The number of carbonyl (C=O) groups is 1. The minimum atomic E-state index is -5.75. The second-order valence-corrected chi connectivity index (χ2v) is 9.25. The lowest BCUT2D eigenvalue weighted by molar-refractivity contribution is -0.674. The van der Waals surface area contributed by atoms with Gasteiger partial charge in [-0.05, 0) is 45.0 Å². The number of alkyl halides is 6. The van der Waals surface area contributed by atoms with Crippen molar-refractivity contribution in [3.8, 4) is 0 Å². The molecule has 1 heterocycles. The SMILES string of the molecule is CCn1c(C)[n+](CC)c2ccc(C(=O)OC(C(F)(F)F)C(F)(F)F)cc21.Cc1ccc(S(=O)(=O)[O-])cc1. The molecule has 0 aliphatic carbocycles. The number of fused-ring (bicyclic) bond motifs is 1. The smallest absolute Gasteiger partial charge is 0.434 e. The standard InChI is InChI=1S/C16H17F6N2O2.C7H8O3S/c1-4-23-9(3)24(5-2)12-8-10(6-7-11(12)23)13(25)26-14(15(17,18)19)16(20,21)22;1-6-2-4-7(5-3-6)11(8,9)10/h6-8,14H,4-5H2,1-3H3;2-5H,1H3,(H,8,9,10)/q+1;/p-1. The van der Waals surface area contributed by atoms with Crippen molar-refractivity contribution < 1.29 is 53.4 Å². The quantitative estimate of drug-likeness (QED) is 0.195. The van der Waals surface area contributed by atoms with Crippen molar-refractivity contribution in [1.82, 2.24) is 4.57 Å². The van der Waals surface area contributed by atoms with Crippen molar-refractivity contribution in [2.75, 3.05) is 0 Å². The molecule has 0 atom stereocenters. The number of halogens is 6. The Labute approximate surface area is 209 Å². The van der Waals surface area contributed by atoms with Gasteiger partial charge in [-0.2, -0.15) is 26.3 Å². The van der Waals surface area contributed by atoms with Crippen molar-refractivity contribution in [2.24, 2.45) is 0 Å². The molecule has 0 spiro atoms. The number of ether oxygens (including phenoxy) is 1. The summed E-state index contributed by atoms with van der Waals surface area (Å²) in [6.45, 7) is 8.51. The molecule has 3 aromatic rings. The van der Waals surface area contributed by atoms with E-state index in [1.54, 1.807) is 16.7 Å². The number of hydrogen-bond donors (Lipinski definition) is 0. The van der Waals surface area contributed by atoms with E-state index in [-0.39, 0.29) is 10.5 Å². The van der Waals surface area contributed by atoms with E-state index >= 15 is 0 Å². The summed E-state index contributed by atoms with van der Waals surface area (Å²) in [5.74, 6) is -0.838. The van der Waals surface area contributed by atoms with Crippen molar-refractivity contribution in [3.63, 3.8) is 0 Å². The largest absolute Gasteiger partial charge is 0.744 e. The fourth-order valence-corrected chi connectivity index (χ4v) is 4.06. The average molecular weight is 555 g/mol. The van der Waals surface area contributed by atoms with Gasteiger partial charge < -0.3 is 9.29 Å². The van der Waals surface area contributed by atoms with Gasteiger partial charge in [0, 0.05) is 13.0 Å². The van der Waals surface area contributed by atoms with Crippen LogP contribution in [0.5, 0.6) is 0 Å². The Hall–Kier alpha value is -3.13. The van der Waals surface area contributed by atoms with Crippen LogP contribution in [0.2, 0.25) is 0 Å². The molecule has 0 N–H and O–H groups in total. The van der Waals surface area contributed by atoms with Gasteiger partial charge in [0.15, 0.2) is 11.0 Å². The fourth-order valence-electron chi connectivity index (χ4n) is 3.59. The number of benzene rings is 2. The van der Waals surface area contributed by atoms with Crippen LogP contribution >= 0.6 is 0 Å². The van der Waals surface area contributed by atoms with E-state index in [2.05, 4.69) is 4.74 Å². The van der Waals surface area contributed by atoms with Gasteiger partial charge in [0.2, 0.25) is 0 Å². The summed E-state index contributed by atoms with van der Waals surface area (Å²) in [6.07, 6.45) is -15.7. The summed E-state index contributed by atoms with van der Waals surface area (Å²) in [4.78, 5) is 11.7. The zero-order valence-corrected chi connectivity index (χ0v) is 21.0. The first-order valence-electron chi connectivity index (χ1n) is 10.8. The Balaban J connectivity index is 0.000000364. The van der Waals surface area contributed by atoms with Crippen molar-refractivity contribution in [3.05, 3.63) is 59.4 Å². The van der Waals surface area contributed by atoms with E-state index < -0.39 is 34.5 Å². The number of imidazole rings is 1. The van der Waals surface area contributed by atoms with Gasteiger partial charge in [0.1, 0.15) is 10.1 Å². The molecule has 0 aliphatic rings. The molecule has 37 heavy (non-hydrogen) atoms. The minimum Gasteiger partial charge on any atom is -0.744 e. The minimum absolute atomic E-state index is 0.178. The molecule has 0 unspecified atom stereocenters. The van der Waals surface area contributed by atoms with Gasteiger partial charge in [-0.1, -0.05) is 17.7 Å². The highest BCUT2D eigenvalue weighted by Crippen LogP contribution is 2.36. The molecule has 0 saturated heterocycles.